The maximum atomic E-state index is 12.9. The summed E-state index contributed by atoms with van der Waals surface area (Å²) in [6, 6.07) is 6.72. The minimum atomic E-state index is -0.662. The number of benzene rings is 1. The van der Waals surface area contributed by atoms with Gasteiger partial charge in [-0.3, -0.25) is 9.59 Å². The van der Waals surface area contributed by atoms with Gasteiger partial charge >= 0.3 is 6.03 Å². The zero-order valence-corrected chi connectivity index (χ0v) is 15.8. The van der Waals surface area contributed by atoms with Crippen LogP contribution in [0.4, 0.5) is 14.9 Å². The Kier molecular flexibility index (Phi) is 5.30. The molecule has 3 rings (SSSR count). The van der Waals surface area contributed by atoms with E-state index in [1.165, 1.54) is 24.3 Å². The molecular formula is C20H21FN4O3. The van der Waals surface area contributed by atoms with Crippen LogP contribution in [0.1, 0.15) is 31.1 Å². The predicted molar refractivity (Wildman–Crippen MR) is 103 cm³/mol. The number of aryl methyl sites for hydroxylation is 1. The number of urea groups is 1. The van der Waals surface area contributed by atoms with E-state index < -0.39 is 30.2 Å². The fourth-order valence-corrected chi connectivity index (χ4v) is 3.01. The Bertz CT molecular complexity index is 960. The number of imide groups is 1. The number of anilines is 1. The van der Waals surface area contributed by atoms with Gasteiger partial charge in [-0.15, -0.1) is 0 Å². The van der Waals surface area contributed by atoms with E-state index in [1.54, 1.807) is 6.08 Å². The Balaban J connectivity index is 1.70. The molecule has 0 unspecified atom stereocenters. The van der Waals surface area contributed by atoms with Crippen molar-refractivity contribution in [2.24, 2.45) is 0 Å². The minimum Gasteiger partial charge on any atom is -0.349 e. The molecule has 4 amide bonds. The van der Waals surface area contributed by atoms with Crippen molar-refractivity contribution in [2.75, 3.05) is 11.9 Å². The number of carbonyl (C=O) groups is 3. The quantitative estimate of drug-likeness (QED) is 0.614. The second kappa shape index (κ2) is 7.67. The van der Waals surface area contributed by atoms with Gasteiger partial charge in [0.25, 0.3) is 5.91 Å². The van der Waals surface area contributed by atoms with E-state index in [9.17, 15) is 18.8 Å². The number of carbonyl (C=O) groups excluding carboxylic acids is 3. The molecule has 1 aromatic heterocycles. The van der Waals surface area contributed by atoms with Gasteiger partial charge in [-0.1, -0.05) is 0 Å². The Morgan fingerprint density at radius 3 is 2.54 bits per heavy atom. The van der Waals surface area contributed by atoms with Crippen LogP contribution in [0.15, 0.2) is 42.2 Å². The lowest BCUT2D eigenvalue weighted by molar-refractivity contribution is -0.127. The highest BCUT2D eigenvalue weighted by atomic mass is 19.1. The van der Waals surface area contributed by atoms with Gasteiger partial charge in [-0.05, 0) is 62.7 Å². The van der Waals surface area contributed by atoms with Crippen molar-refractivity contribution in [1.82, 2.24) is 14.8 Å². The Morgan fingerprint density at radius 1 is 1.25 bits per heavy atom. The second-order valence-corrected chi connectivity index (χ2v) is 6.85. The molecule has 8 heteroatoms. The number of halogens is 1. The van der Waals surface area contributed by atoms with E-state index in [4.69, 9.17) is 0 Å². The topological polar surface area (TPSA) is 83.4 Å². The predicted octanol–water partition coefficient (Wildman–Crippen LogP) is 3.05. The van der Waals surface area contributed by atoms with E-state index in [2.05, 4.69) is 15.2 Å². The van der Waals surface area contributed by atoms with Gasteiger partial charge in [0.1, 0.15) is 18.1 Å². The van der Waals surface area contributed by atoms with Gasteiger partial charge in [-0.25, -0.2) is 14.1 Å². The average molecular weight is 384 g/mol. The van der Waals surface area contributed by atoms with Gasteiger partial charge in [0.15, 0.2) is 0 Å². The highest BCUT2D eigenvalue weighted by Gasteiger charge is 2.35. The maximum absolute atomic E-state index is 12.9. The van der Waals surface area contributed by atoms with Crippen LogP contribution >= 0.6 is 0 Å². The lowest BCUT2D eigenvalue weighted by Crippen LogP contribution is -2.38. The fraction of sp³-hybridized carbons (Fsp3) is 0.250. The van der Waals surface area contributed by atoms with Crippen LogP contribution in [0.3, 0.4) is 0 Å². The molecular weight excluding hydrogens is 363 g/mol. The van der Waals surface area contributed by atoms with Crippen molar-refractivity contribution in [3.63, 3.8) is 0 Å². The van der Waals surface area contributed by atoms with Crippen LogP contribution < -0.4 is 10.6 Å². The zero-order chi connectivity index (χ0) is 20.4. The molecule has 1 aliphatic heterocycles. The summed E-state index contributed by atoms with van der Waals surface area (Å²) < 4.78 is 15.0. The average Bonchev–Trinajstić information content (AvgIpc) is 3.12. The molecule has 0 saturated carbocycles. The molecule has 2 heterocycles. The summed E-state index contributed by atoms with van der Waals surface area (Å²) in [5, 5.41) is 5.02. The molecule has 2 N–H and O–H groups in total. The van der Waals surface area contributed by atoms with Gasteiger partial charge in [0.05, 0.1) is 0 Å². The SMILES string of the molecule is Cc1cc(/C=C2/NC(=O)N(CC(=O)Nc3ccc(F)cc3)C2=O)cn1C(C)C. The molecule has 0 spiro atoms. The van der Waals surface area contributed by atoms with Crippen molar-refractivity contribution in [2.45, 2.75) is 26.8 Å². The molecule has 0 bridgehead atoms. The van der Waals surface area contributed by atoms with Crippen LogP contribution in [0.25, 0.3) is 6.08 Å². The lowest BCUT2D eigenvalue weighted by Gasteiger charge is -2.11. The van der Waals surface area contributed by atoms with Gasteiger partial charge in [-0.2, -0.15) is 0 Å². The van der Waals surface area contributed by atoms with E-state index in [1.807, 2.05) is 33.0 Å². The van der Waals surface area contributed by atoms with Crippen LogP contribution in [0.2, 0.25) is 0 Å². The molecule has 7 nitrogen and oxygen atoms in total. The smallest absolute Gasteiger partial charge is 0.329 e. The summed E-state index contributed by atoms with van der Waals surface area (Å²) in [7, 11) is 0. The highest BCUT2D eigenvalue weighted by Crippen LogP contribution is 2.19. The van der Waals surface area contributed by atoms with Gasteiger partial charge in [0, 0.05) is 23.6 Å². The Hall–Kier alpha value is -3.42. The summed E-state index contributed by atoms with van der Waals surface area (Å²) >= 11 is 0. The number of rotatable bonds is 5. The van der Waals surface area contributed by atoms with Gasteiger partial charge in [0.2, 0.25) is 5.91 Å². The highest BCUT2D eigenvalue weighted by molar-refractivity contribution is 6.15. The standard InChI is InChI=1S/C20H21FN4O3/c1-12(2)24-10-14(8-13(24)3)9-17-19(27)25(20(28)23-17)11-18(26)22-16-6-4-15(21)5-7-16/h4-10,12H,11H2,1-3H3,(H,22,26)(H,23,28)/b17-9+. The molecule has 2 aromatic rings. The third-order valence-corrected chi connectivity index (χ3v) is 4.33. The molecule has 0 aliphatic carbocycles. The number of amides is 4. The fourth-order valence-electron chi connectivity index (χ4n) is 3.01. The van der Waals surface area contributed by atoms with Crippen molar-refractivity contribution >= 4 is 29.6 Å². The van der Waals surface area contributed by atoms with E-state index >= 15 is 0 Å². The van der Waals surface area contributed by atoms with E-state index in [-0.39, 0.29) is 11.7 Å². The molecule has 0 radical (unpaired) electrons. The Morgan fingerprint density at radius 2 is 1.93 bits per heavy atom. The van der Waals surface area contributed by atoms with Crippen LogP contribution in [0, 0.1) is 12.7 Å². The van der Waals surface area contributed by atoms with Crippen molar-refractivity contribution in [3.05, 3.63) is 59.3 Å². The number of nitrogens with zero attached hydrogens (tertiary/aromatic N) is 2. The maximum Gasteiger partial charge on any atom is 0.329 e. The first kappa shape index (κ1) is 19.3. The minimum absolute atomic E-state index is 0.112. The number of hydrogen-bond acceptors (Lipinski definition) is 3. The zero-order valence-electron chi connectivity index (χ0n) is 15.8. The first-order valence-corrected chi connectivity index (χ1v) is 8.83. The lowest BCUT2D eigenvalue weighted by atomic mass is 10.2. The van der Waals surface area contributed by atoms with Crippen molar-refractivity contribution < 1.29 is 18.8 Å². The second-order valence-electron chi connectivity index (χ2n) is 6.85. The third kappa shape index (κ3) is 4.11. The number of nitrogens with one attached hydrogen (secondary N) is 2. The molecule has 1 aromatic carbocycles. The first-order chi connectivity index (χ1) is 13.2. The number of aromatic nitrogens is 1. The van der Waals surface area contributed by atoms with Gasteiger partial charge < -0.3 is 15.2 Å². The molecule has 0 atom stereocenters. The third-order valence-electron chi connectivity index (χ3n) is 4.33. The first-order valence-electron chi connectivity index (χ1n) is 8.83. The monoisotopic (exact) mass is 384 g/mol. The van der Waals surface area contributed by atoms with E-state index in [0.29, 0.717) is 5.69 Å². The number of hydrogen-bond donors (Lipinski definition) is 2. The van der Waals surface area contributed by atoms with Crippen LogP contribution in [-0.2, 0) is 9.59 Å². The van der Waals surface area contributed by atoms with Crippen molar-refractivity contribution in [1.29, 1.82) is 0 Å². The molecule has 28 heavy (non-hydrogen) atoms. The summed E-state index contributed by atoms with van der Waals surface area (Å²) in [6.45, 7) is 5.62. The van der Waals surface area contributed by atoms with E-state index in [0.717, 1.165) is 16.2 Å². The molecule has 146 valence electrons. The van der Waals surface area contributed by atoms with Crippen LogP contribution in [-0.4, -0.2) is 33.9 Å². The normalized spacial score (nSPS) is 15.5. The molecule has 1 fully saturated rings. The summed E-state index contributed by atoms with van der Waals surface area (Å²) in [5.74, 6) is -1.56. The molecule has 1 aliphatic rings. The molecule has 1 saturated heterocycles. The van der Waals surface area contributed by atoms with Crippen molar-refractivity contribution in [3.8, 4) is 0 Å². The summed E-state index contributed by atoms with van der Waals surface area (Å²) in [4.78, 5) is 37.6. The summed E-state index contributed by atoms with van der Waals surface area (Å²) in [5.41, 5.74) is 2.31. The summed E-state index contributed by atoms with van der Waals surface area (Å²) in [6.07, 6.45) is 3.49. The Labute approximate surface area is 161 Å². The van der Waals surface area contributed by atoms with Crippen LogP contribution in [0.5, 0.6) is 0 Å². The largest absolute Gasteiger partial charge is 0.349 e.